The van der Waals surface area contributed by atoms with Crippen LogP contribution < -0.4 is 0 Å². The summed E-state index contributed by atoms with van der Waals surface area (Å²) < 4.78 is 5.04. The second-order valence-corrected chi connectivity index (χ2v) is 6.06. The minimum atomic E-state index is 0.0460. The average molecular weight is 253 g/mol. The van der Waals surface area contributed by atoms with Crippen LogP contribution in [0.3, 0.4) is 0 Å². The van der Waals surface area contributed by atoms with Gasteiger partial charge in [0.05, 0.1) is 13.2 Å². The molecule has 0 aliphatic heterocycles. The van der Waals surface area contributed by atoms with Gasteiger partial charge in [0.15, 0.2) is 0 Å². The van der Waals surface area contributed by atoms with Crippen LogP contribution in [-0.2, 0) is 9.53 Å². The smallest absolute Gasteiger partial charge is 0.226 e. The second-order valence-electron chi connectivity index (χ2n) is 6.06. The van der Waals surface area contributed by atoms with Gasteiger partial charge < -0.3 is 14.7 Å². The highest BCUT2D eigenvalue weighted by Gasteiger charge is 2.67. The molecule has 4 nitrogen and oxygen atoms in total. The molecule has 3 fully saturated rings. The molecule has 18 heavy (non-hydrogen) atoms. The van der Waals surface area contributed by atoms with Crippen LogP contribution in [0.15, 0.2) is 0 Å². The normalized spacial score (nSPS) is 39.8. The molecule has 2 bridgehead atoms. The lowest BCUT2D eigenvalue weighted by Crippen LogP contribution is -2.38. The van der Waals surface area contributed by atoms with Crippen molar-refractivity contribution in [2.24, 2.45) is 29.6 Å². The molecule has 0 aromatic carbocycles. The molecular formula is C14H23NO3. The highest BCUT2D eigenvalue weighted by Crippen LogP contribution is 2.69. The Morgan fingerprint density at radius 3 is 2.50 bits per heavy atom. The van der Waals surface area contributed by atoms with E-state index in [1.807, 2.05) is 0 Å². The van der Waals surface area contributed by atoms with Gasteiger partial charge in [-0.15, -0.1) is 0 Å². The predicted octanol–water partition coefficient (Wildman–Crippen LogP) is 0.746. The summed E-state index contributed by atoms with van der Waals surface area (Å²) in [7, 11) is 1.65. The van der Waals surface area contributed by atoms with Crippen LogP contribution >= 0.6 is 0 Å². The number of fused-ring (bicyclic) bond motifs is 5. The maximum atomic E-state index is 12.5. The quantitative estimate of drug-likeness (QED) is 0.760. The van der Waals surface area contributed by atoms with Crippen molar-refractivity contribution < 1.29 is 14.6 Å². The molecule has 0 aromatic heterocycles. The molecule has 0 aromatic rings. The lowest BCUT2D eigenvalue weighted by molar-refractivity contribution is -0.134. The third kappa shape index (κ3) is 1.86. The number of rotatable bonds is 6. The Labute approximate surface area is 108 Å². The Bertz CT molecular complexity index is 317. The Morgan fingerprint density at radius 2 is 1.94 bits per heavy atom. The maximum absolute atomic E-state index is 12.5. The standard InChI is InChI=1S/C14H23NO3/c1-18-7-5-15(4-6-16)14(17)13-11-9-2-3-10(8-9)12(11)13/h9-13,16H,2-8H2,1H3. The third-order valence-electron chi connectivity index (χ3n) is 5.27. The maximum Gasteiger partial charge on any atom is 0.226 e. The van der Waals surface area contributed by atoms with Gasteiger partial charge >= 0.3 is 0 Å². The van der Waals surface area contributed by atoms with Gasteiger partial charge in [-0.25, -0.2) is 0 Å². The summed E-state index contributed by atoms with van der Waals surface area (Å²) in [6, 6.07) is 0. The first-order chi connectivity index (χ1) is 8.77. The Balaban J connectivity index is 1.60. The third-order valence-corrected chi connectivity index (χ3v) is 5.27. The van der Waals surface area contributed by atoms with Crippen LogP contribution in [0.25, 0.3) is 0 Å². The summed E-state index contributed by atoms with van der Waals surface area (Å²) in [5.74, 6) is 3.56. The summed E-state index contributed by atoms with van der Waals surface area (Å²) >= 11 is 0. The minimum Gasteiger partial charge on any atom is -0.395 e. The number of aliphatic hydroxyl groups excluding tert-OH is 1. The van der Waals surface area contributed by atoms with Gasteiger partial charge in [-0.1, -0.05) is 0 Å². The van der Waals surface area contributed by atoms with Crippen LogP contribution in [0.4, 0.5) is 0 Å². The van der Waals surface area contributed by atoms with Crippen LogP contribution in [0.2, 0.25) is 0 Å². The highest BCUT2D eigenvalue weighted by molar-refractivity contribution is 5.83. The van der Waals surface area contributed by atoms with Crippen LogP contribution in [0, 0.1) is 29.6 Å². The molecule has 4 atom stereocenters. The molecule has 3 saturated carbocycles. The van der Waals surface area contributed by atoms with E-state index in [0.717, 1.165) is 11.8 Å². The van der Waals surface area contributed by atoms with Crippen molar-refractivity contribution in [1.29, 1.82) is 0 Å². The fourth-order valence-electron chi connectivity index (χ4n) is 4.52. The van der Waals surface area contributed by atoms with E-state index in [2.05, 4.69) is 0 Å². The van der Waals surface area contributed by atoms with Crippen LogP contribution in [0.5, 0.6) is 0 Å². The number of aliphatic hydroxyl groups is 1. The van der Waals surface area contributed by atoms with Crippen molar-refractivity contribution in [1.82, 2.24) is 4.90 Å². The number of ether oxygens (including phenoxy) is 1. The number of nitrogens with zero attached hydrogens (tertiary/aromatic N) is 1. The monoisotopic (exact) mass is 253 g/mol. The average Bonchev–Trinajstić information content (AvgIpc) is 2.81. The molecule has 4 heteroatoms. The SMILES string of the molecule is COCCN(CCO)C(=O)C1C2C3CCC(C3)C12. The van der Waals surface area contributed by atoms with Gasteiger partial charge in [0.25, 0.3) is 0 Å². The van der Waals surface area contributed by atoms with E-state index in [4.69, 9.17) is 9.84 Å². The van der Waals surface area contributed by atoms with Crippen molar-refractivity contribution in [3.05, 3.63) is 0 Å². The van der Waals surface area contributed by atoms with Crippen LogP contribution in [-0.4, -0.2) is 49.3 Å². The molecule has 0 radical (unpaired) electrons. The fourth-order valence-corrected chi connectivity index (χ4v) is 4.52. The summed E-state index contributed by atoms with van der Waals surface area (Å²) in [4.78, 5) is 14.3. The van der Waals surface area contributed by atoms with Crippen molar-refractivity contribution in [3.8, 4) is 0 Å². The van der Waals surface area contributed by atoms with Gasteiger partial charge in [0.2, 0.25) is 5.91 Å². The highest BCUT2D eigenvalue weighted by atomic mass is 16.5. The first-order valence-electron chi connectivity index (χ1n) is 7.16. The number of carbonyl (C=O) groups excluding carboxylic acids is 1. The number of amides is 1. The van der Waals surface area contributed by atoms with Gasteiger partial charge in [-0.05, 0) is 42.9 Å². The molecule has 3 rings (SSSR count). The van der Waals surface area contributed by atoms with Gasteiger partial charge in [0.1, 0.15) is 0 Å². The topological polar surface area (TPSA) is 49.8 Å². The Hall–Kier alpha value is -0.610. The molecule has 3 aliphatic carbocycles. The van der Waals surface area contributed by atoms with Crippen LogP contribution in [0.1, 0.15) is 19.3 Å². The fraction of sp³-hybridized carbons (Fsp3) is 0.929. The van der Waals surface area contributed by atoms with Crippen molar-refractivity contribution >= 4 is 5.91 Å². The summed E-state index contributed by atoms with van der Waals surface area (Å²) in [6.45, 7) is 1.67. The van der Waals surface area contributed by atoms with Crippen molar-refractivity contribution in [3.63, 3.8) is 0 Å². The molecule has 1 amide bonds. The van der Waals surface area contributed by atoms with E-state index in [9.17, 15) is 4.79 Å². The zero-order chi connectivity index (χ0) is 12.7. The first-order valence-corrected chi connectivity index (χ1v) is 7.16. The molecule has 1 N–H and O–H groups in total. The lowest BCUT2D eigenvalue weighted by Gasteiger charge is -2.23. The summed E-state index contributed by atoms with van der Waals surface area (Å²) in [5.41, 5.74) is 0. The Kier molecular flexibility index (Phi) is 3.32. The molecule has 0 spiro atoms. The second kappa shape index (κ2) is 4.82. The van der Waals surface area contributed by atoms with E-state index in [0.29, 0.717) is 31.5 Å². The van der Waals surface area contributed by atoms with Gasteiger partial charge in [-0.2, -0.15) is 0 Å². The van der Waals surface area contributed by atoms with Crippen molar-refractivity contribution in [2.75, 3.05) is 33.4 Å². The van der Waals surface area contributed by atoms with E-state index < -0.39 is 0 Å². The van der Waals surface area contributed by atoms with E-state index in [1.165, 1.54) is 19.3 Å². The minimum absolute atomic E-state index is 0.0460. The predicted molar refractivity (Wildman–Crippen MR) is 66.8 cm³/mol. The molecular weight excluding hydrogens is 230 g/mol. The zero-order valence-electron chi connectivity index (χ0n) is 11.0. The van der Waals surface area contributed by atoms with E-state index in [-0.39, 0.29) is 18.4 Å². The molecule has 0 heterocycles. The van der Waals surface area contributed by atoms with Crippen molar-refractivity contribution in [2.45, 2.75) is 19.3 Å². The number of methoxy groups -OCH3 is 1. The number of carbonyl (C=O) groups is 1. The van der Waals surface area contributed by atoms with E-state index >= 15 is 0 Å². The lowest BCUT2D eigenvalue weighted by atomic mass is 10.0. The number of hydrogen-bond acceptors (Lipinski definition) is 3. The Morgan fingerprint density at radius 1 is 1.28 bits per heavy atom. The van der Waals surface area contributed by atoms with Gasteiger partial charge in [-0.3, -0.25) is 4.79 Å². The molecule has 102 valence electrons. The zero-order valence-corrected chi connectivity index (χ0v) is 11.0. The largest absolute Gasteiger partial charge is 0.395 e. The summed E-state index contributed by atoms with van der Waals surface area (Å²) in [6.07, 6.45) is 4.05. The molecule has 0 saturated heterocycles. The molecule has 4 unspecified atom stereocenters. The van der Waals surface area contributed by atoms with E-state index in [1.54, 1.807) is 12.0 Å². The van der Waals surface area contributed by atoms with Gasteiger partial charge in [0, 0.05) is 26.1 Å². The first kappa shape index (κ1) is 12.4. The number of hydrogen-bond donors (Lipinski definition) is 1. The summed E-state index contributed by atoms with van der Waals surface area (Å²) in [5, 5.41) is 9.07. The molecule has 3 aliphatic rings.